The third-order valence-electron chi connectivity index (χ3n) is 3.09. The van der Waals surface area contributed by atoms with Crippen molar-refractivity contribution in [2.45, 2.75) is 33.2 Å². The third kappa shape index (κ3) is 2.86. The van der Waals surface area contributed by atoms with Gasteiger partial charge in [0.25, 0.3) is 0 Å². The predicted molar refractivity (Wildman–Crippen MR) is 75.9 cm³/mol. The van der Waals surface area contributed by atoms with Crippen molar-refractivity contribution in [1.82, 2.24) is 10.4 Å². The first-order chi connectivity index (χ1) is 8.51. The first-order valence-corrected chi connectivity index (χ1v) is 6.30. The molecule has 0 aliphatic heterocycles. The molecule has 0 bridgehead atoms. The van der Waals surface area contributed by atoms with Gasteiger partial charge in [0.1, 0.15) is 0 Å². The van der Waals surface area contributed by atoms with E-state index >= 15 is 0 Å². The summed E-state index contributed by atoms with van der Waals surface area (Å²) < 4.78 is 0. The lowest BCUT2D eigenvalue weighted by Gasteiger charge is -2.26. The number of rotatable bonds is 3. The number of nitrogens with one attached hydrogen (secondary N) is 1. The van der Waals surface area contributed by atoms with Crippen molar-refractivity contribution in [2.75, 3.05) is 0 Å². The maximum Gasteiger partial charge on any atom is 0.0486 e. The molecule has 0 aliphatic rings. The fourth-order valence-corrected chi connectivity index (χ4v) is 2.29. The number of aromatic nitrogens is 1. The highest BCUT2D eigenvalue weighted by Crippen LogP contribution is 2.31. The van der Waals surface area contributed by atoms with Gasteiger partial charge in [-0.2, -0.15) is 0 Å². The molecule has 1 atom stereocenters. The normalized spacial score (nSPS) is 13.8. The molecule has 1 aromatic heterocycles. The highest BCUT2D eigenvalue weighted by molar-refractivity contribution is 5.85. The maximum atomic E-state index is 5.73. The Morgan fingerprint density at radius 2 is 1.94 bits per heavy atom. The van der Waals surface area contributed by atoms with Crippen molar-refractivity contribution in [1.29, 1.82) is 0 Å². The van der Waals surface area contributed by atoms with E-state index in [4.69, 9.17) is 5.84 Å². The van der Waals surface area contributed by atoms with Crippen LogP contribution < -0.4 is 11.3 Å². The van der Waals surface area contributed by atoms with Crippen LogP contribution in [0, 0.1) is 5.41 Å². The minimum Gasteiger partial charge on any atom is -0.271 e. The molecule has 0 radical (unpaired) electrons. The van der Waals surface area contributed by atoms with Gasteiger partial charge in [0, 0.05) is 23.8 Å². The van der Waals surface area contributed by atoms with E-state index in [1.807, 2.05) is 18.5 Å². The van der Waals surface area contributed by atoms with Crippen LogP contribution in [0.4, 0.5) is 0 Å². The summed E-state index contributed by atoms with van der Waals surface area (Å²) in [5.74, 6) is 5.73. The van der Waals surface area contributed by atoms with E-state index in [1.54, 1.807) is 0 Å². The van der Waals surface area contributed by atoms with Crippen molar-refractivity contribution in [3.05, 3.63) is 42.2 Å². The number of hydrogen-bond acceptors (Lipinski definition) is 3. The van der Waals surface area contributed by atoms with Gasteiger partial charge in [-0.05, 0) is 22.8 Å². The van der Waals surface area contributed by atoms with Crippen LogP contribution in [0.5, 0.6) is 0 Å². The molecule has 1 unspecified atom stereocenters. The fourth-order valence-electron chi connectivity index (χ4n) is 2.29. The van der Waals surface area contributed by atoms with Gasteiger partial charge in [-0.25, -0.2) is 0 Å². The molecule has 0 spiro atoms. The summed E-state index contributed by atoms with van der Waals surface area (Å²) in [6, 6.07) is 8.41. The lowest BCUT2D eigenvalue weighted by atomic mass is 9.85. The Morgan fingerprint density at radius 3 is 2.61 bits per heavy atom. The average Bonchev–Trinajstić information content (AvgIpc) is 2.34. The lowest BCUT2D eigenvalue weighted by molar-refractivity contribution is 0.314. The van der Waals surface area contributed by atoms with Crippen LogP contribution in [0.2, 0.25) is 0 Å². The molecule has 96 valence electrons. The first kappa shape index (κ1) is 13.0. The zero-order chi connectivity index (χ0) is 13.2. The van der Waals surface area contributed by atoms with E-state index in [0.29, 0.717) is 0 Å². The summed E-state index contributed by atoms with van der Waals surface area (Å²) in [5.41, 5.74) is 4.32. The third-order valence-corrected chi connectivity index (χ3v) is 3.09. The van der Waals surface area contributed by atoms with Crippen molar-refractivity contribution in [3.8, 4) is 0 Å². The maximum absolute atomic E-state index is 5.73. The number of fused-ring (bicyclic) bond motifs is 1. The summed E-state index contributed by atoms with van der Waals surface area (Å²) in [4.78, 5) is 4.32. The summed E-state index contributed by atoms with van der Waals surface area (Å²) in [5, 5.41) is 2.38. The van der Waals surface area contributed by atoms with Crippen molar-refractivity contribution in [2.24, 2.45) is 11.3 Å². The van der Waals surface area contributed by atoms with Crippen molar-refractivity contribution in [3.63, 3.8) is 0 Å². The van der Waals surface area contributed by atoms with E-state index in [-0.39, 0.29) is 11.5 Å². The Labute approximate surface area is 108 Å². The Hall–Kier alpha value is -1.45. The second kappa shape index (κ2) is 5.04. The Morgan fingerprint density at radius 1 is 1.22 bits per heavy atom. The van der Waals surface area contributed by atoms with E-state index in [1.165, 1.54) is 10.9 Å². The monoisotopic (exact) mass is 243 g/mol. The van der Waals surface area contributed by atoms with Gasteiger partial charge < -0.3 is 0 Å². The highest BCUT2D eigenvalue weighted by atomic mass is 15.2. The standard InChI is InChI=1S/C15H21N3/c1-15(2,3)8-14(18-16)13-10-17-9-11-6-4-5-7-12(11)13/h4-7,9-10,14,18H,8,16H2,1-3H3. The van der Waals surface area contributed by atoms with E-state index in [9.17, 15) is 0 Å². The molecule has 0 amide bonds. The van der Waals surface area contributed by atoms with E-state index in [0.717, 1.165) is 11.8 Å². The summed E-state index contributed by atoms with van der Waals surface area (Å²) in [6.45, 7) is 6.65. The highest BCUT2D eigenvalue weighted by Gasteiger charge is 2.20. The smallest absolute Gasteiger partial charge is 0.0486 e. The minimum atomic E-state index is 0.128. The molecule has 18 heavy (non-hydrogen) atoms. The molecule has 3 heteroatoms. The lowest BCUT2D eigenvalue weighted by Crippen LogP contribution is -2.31. The van der Waals surface area contributed by atoms with Gasteiger partial charge in [-0.15, -0.1) is 0 Å². The van der Waals surface area contributed by atoms with Gasteiger partial charge in [0.15, 0.2) is 0 Å². The van der Waals surface area contributed by atoms with Gasteiger partial charge in [0.05, 0.1) is 0 Å². The number of benzene rings is 1. The SMILES string of the molecule is CC(C)(C)CC(NN)c1cncc2ccccc12. The zero-order valence-electron chi connectivity index (χ0n) is 11.3. The number of pyridine rings is 1. The molecule has 0 aliphatic carbocycles. The van der Waals surface area contributed by atoms with Gasteiger partial charge in [-0.1, -0.05) is 45.0 Å². The summed E-state index contributed by atoms with van der Waals surface area (Å²) in [6.07, 6.45) is 4.78. The minimum absolute atomic E-state index is 0.128. The molecule has 3 nitrogen and oxygen atoms in total. The van der Waals surface area contributed by atoms with Crippen LogP contribution in [-0.2, 0) is 0 Å². The van der Waals surface area contributed by atoms with E-state index < -0.39 is 0 Å². The number of nitrogens with two attached hydrogens (primary N) is 1. The molecule has 1 heterocycles. The van der Waals surface area contributed by atoms with Crippen molar-refractivity contribution < 1.29 is 0 Å². The van der Waals surface area contributed by atoms with Crippen LogP contribution in [0.1, 0.15) is 38.8 Å². The molecule has 1 aromatic carbocycles. The van der Waals surface area contributed by atoms with Crippen LogP contribution in [0.3, 0.4) is 0 Å². The molecule has 3 N–H and O–H groups in total. The number of hydrogen-bond donors (Lipinski definition) is 2. The molecular formula is C15H21N3. The van der Waals surface area contributed by atoms with Crippen molar-refractivity contribution >= 4 is 10.8 Å². The molecular weight excluding hydrogens is 222 g/mol. The Bertz CT molecular complexity index is 523. The molecule has 0 saturated carbocycles. The molecule has 0 saturated heterocycles. The fraction of sp³-hybridized carbons (Fsp3) is 0.400. The van der Waals surface area contributed by atoms with Crippen LogP contribution in [0.25, 0.3) is 10.8 Å². The summed E-state index contributed by atoms with van der Waals surface area (Å²) in [7, 11) is 0. The first-order valence-electron chi connectivity index (χ1n) is 6.30. The largest absolute Gasteiger partial charge is 0.271 e. The van der Waals surface area contributed by atoms with E-state index in [2.05, 4.69) is 49.4 Å². The molecule has 2 aromatic rings. The number of hydrazine groups is 1. The number of nitrogens with zero attached hydrogens (tertiary/aromatic N) is 1. The summed E-state index contributed by atoms with van der Waals surface area (Å²) >= 11 is 0. The second-order valence-electron chi connectivity index (χ2n) is 5.93. The van der Waals surface area contributed by atoms with Gasteiger partial charge >= 0.3 is 0 Å². The predicted octanol–water partition coefficient (Wildman–Crippen LogP) is 3.18. The van der Waals surface area contributed by atoms with Crippen LogP contribution >= 0.6 is 0 Å². The zero-order valence-corrected chi connectivity index (χ0v) is 11.3. The van der Waals surface area contributed by atoms with Gasteiger partial charge in [0.2, 0.25) is 0 Å². The van der Waals surface area contributed by atoms with Crippen LogP contribution in [0.15, 0.2) is 36.7 Å². The Kier molecular flexibility index (Phi) is 3.64. The average molecular weight is 243 g/mol. The quantitative estimate of drug-likeness (QED) is 0.643. The Balaban J connectivity index is 2.45. The topological polar surface area (TPSA) is 50.9 Å². The second-order valence-corrected chi connectivity index (χ2v) is 5.93. The molecule has 0 fully saturated rings. The van der Waals surface area contributed by atoms with Crippen LogP contribution in [-0.4, -0.2) is 4.98 Å². The van der Waals surface area contributed by atoms with Gasteiger partial charge in [-0.3, -0.25) is 16.3 Å². The molecule has 2 rings (SSSR count).